The molecule has 230 valence electrons. The number of aliphatic hydroxyl groups is 2. The third-order valence-corrected chi connectivity index (χ3v) is 12.6. The molecule has 5 aliphatic carbocycles. The van der Waals surface area contributed by atoms with E-state index in [-0.39, 0.29) is 29.8 Å². The Balaban J connectivity index is 1.46. The first kappa shape index (κ1) is 28.8. The van der Waals surface area contributed by atoms with Gasteiger partial charge in [0, 0.05) is 76.0 Å². The number of hydrogen-bond acceptors (Lipinski definition) is 10. The van der Waals surface area contributed by atoms with Crippen molar-refractivity contribution < 1.29 is 43.5 Å². The lowest BCUT2D eigenvalue weighted by Crippen LogP contribution is -2.80. The minimum Gasteiger partial charge on any atom is -0.458 e. The Morgan fingerprint density at radius 2 is 1.76 bits per heavy atom. The van der Waals surface area contributed by atoms with Crippen LogP contribution in [0.2, 0.25) is 0 Å². The number of aliphatic hydroxyl groups excluding tert-OH is 1. The average Bonchev–Trinajstić information content (AvgIpc) is 3.44. The lowest BCUT2D eigenvalue weighted by atomic mass is 9.42. The van der Waals surface area contributed by atoms with Crippen LogP contribution in [0.25, 0.3) is 0 Å². The van der Waals surface area contributed by atoms with Crippen LogP contribution in [0.3, 0.4) is 0 Å². The highest BCUT2D eigenvalue weighted by atomic mass is 16.6. The van der Waals surface area contributed by atoms with Crippen molar-refractivity contribution in [2.24, 2.45) is 40.4 Å². The number of ketones is 1. The minimum absolute atomic E-state index is 0.195. The van der Waals surface area contributed by atoms with Crippen LogP contribution in [-0.2, 0) is 28.5 Å². The molecule has 14 unspecified atom stereocenters. The zero-order valence-corrected chi connectivity index (χ0v) is 25.0. The number of fused-ring (bicyclic) bond motifs is 2. The number of nitrogens with zero attached hydrogens (tertiary/aromatic N) is 1. The van der Waals surface area contributed by atoms with E-state index in [1.54, 1.807) is 45.6 Å². The predicted octanol–water partition coefficient (Wildman–Crippen LogP) is 1.17. The number of carbonyl (C=O) groups is 2. The lowest BCUT2D eigenvalue weighted by molar-refractivity contribution is -0.300. The van der Waals surface area contributed by atoms with Gasteiger partial charge in [-0.25, -0.2) is 4.79 Å². The molecular formula is C32H43NO9. The third kappa shape index (κ3) is 3.14. The molecule has 5 saturated carbocycles. The monoisotopic (exact) mass is 585 g/mol. The van der Waals surface area contributed by atoms with Gasteiger partial charge in [-0.05, 0) is 31.0 Å². The van der Waals surface area contributed by atoms with Crippen LogP contribution in [0.4, 0.5) is 0 Å². The SMILES string of the molecule is CCN1CC2(COC)C(O)CC(OC)C34C5CC6C(=O)C(OC)C(O)(C5C6OC(=O)c5ccccc5)C(C(OC)C23)C14. The van der Waals surface area contributed by atoms with Crippen molar-refractivity contribution in [2.45, 2.75) is 61.9 Å². The molecule has 7 bridgehead atoms. The predicted molar refractivity (Wildman–Crippen MR) is 148 cm³/mol. The molecule has 6 fully saturated rings. The molecule has 1 spiro atoms. The summed E-state index contributed by atoms with van der Waals surface area (Å²) in [6, 6.07) is 8.56. The average molecular weight is 586 g/mol. The summed E-state index contributed by atoms with van der Waals surface area (Å²) < 4.78 is 30.7. The Labute approximate surface area is 246 Å². The van der Waals surface area contributed by atoms with Crippen LogP contribution in [0, 0.1) is 40.4 Å². The van der Waals surface area contributed by atoms with Crippen LogP contribution in [0.5, 0.6) is 0 Å². The summed E-state index contributed by atoms with van der Waals surface area (Å²) in [4.78, 5) is 30.0. The zero-order chi connectivity index (χ0) is 29.8. The maximum absolute atomic E-state index is 14.2. The van der Waals surface area contributed by atoms with Crippen LogP contribution >= 0.6 is 0 Å². The molecule has 1 aromatic rings. The molecular weight excluding hydrogens is 542 g/mol. The summed E-state index contributed by atoms with van der Waals surface area (Å²) in [6.07, 6.45) is -2.66. The molecule has 2 N–H and O–H groups in total. The molecule has 1 saturated heterocycles. The van der Waals surface area contributed by atoms with Crippen LogP contribution in [-0.4, -0.2) is 117 Å². The van der Waals surface area contributed by atoms with Crippen LogP contribution in [0.1, 0.15) is 30.1 Å². The molecule has 1 aliphatic heterocycles. The van der Waals surface area contributed by atoms with Gasteiger partial charge in [0.05, 0.1) is 36.4 Å². The first-order valence-electron chi connectivity index (χ1n) is 15.2. The van der Waals surface area contributed by atoms with Gasteiger partial charge in [-0.2, -0.15) is 0 Å². The van der Waals surface area contributed by atoms with Crippen LogP contribution < -0.4 is 0 Å². The summed E-state index contributed by atoms with van der Waals surface area (Å²) in [5.41, 5.74) is -2.53. The molecule has 10 nitrogen and oxygen atoms in total. The minimum atomic E-state index is -1.67. The van der Waals surface area contributed by atoms with E-state index >= 15 is 0 Å². The van der Waals surface area contributed by atoms with E-state index in [0.717, 1.165) is 0 Å². The highest BCUT2D eigenvalue weighted by Crippen LogP contribution is 2.79. The summed E-state index contributed by atoms with van der Waals surface area (Å²) in [7, 11) is 6.48. The molecule has 10 heteroatoms. The van der Waals surface area contributed by atoms with Gasteiger partial charge in [0.25, 0.3) is 0 Å². The Kier molecular flexibility index (Phi) is 6.72. The Morgan fingerprint density at radius 1 is 1.02 bits per heavy atom. The summed E-state index contributed by atoms with van der Waals surface area (Å²) in [5.74, 6) is -2.97. The first-order valence-corrected chi connectivity index (χ1v) is 15.2. The second-order valence-electron chi connectivity index (χ2n) is 13.5. The molecule has 42 heavy (non-hydrogen) atoms. The number of benzene rings is 1. The van der Waals surface area contributed by atoms with E-state index in [0.29, 0.717) is 38.1 Å². The molecule has 1 aromatic carbocycles. The van der Waals surface area contributed by atoms with E-state index in [1.165, 1.54) is 7.11 Å². The van der Waals surface area contributed by atoms with Crippen molar-refractivity contribution in [3.05, 3.63) is 35.9 Å². The van der Waals surface area contributed by atoms with E-state index < -0.39 is 64.6 Å². The molecule has 7 rings (SSSR count). The van der Waals surface area contributed by atoms with Gasteiger partial charge < -0.3 is 33.9 Å². The molecule has 1 heterocycles. The second kappa shape index (κ2) is 9.79. The number of likely N-dealkylation sites (tertiary alicyclic amines) is 1. The highest BCUT2D eigenvalue weighted by Gasteiger charge is 2.89. The fraction of sp³-hybridized carbons (Fsp3) is 0.750. The van der Waals surface area contributed by atoms with E-state index in [1.807, 2.05) is 6.07 Å². The van der Waals surface area contributed by atoms with E-state index in [9.17, 15) is 19.8 Å². The number of ether oxygens (including phenoxy) is 5. The third-order valence-electron chi connectivity index (χ3n) is 12.6. The van der Waals surface area contributed by atoms with Crippen molar-refractivity contribution in [3.63, 3.8) is 0 Å². The smallest absolute Gasteiger partial charge is 0.338 e. The second-order valence-corrected chi connectivity index (χ2v) is 13.5. The fourth-order valence-electron chi connectivity index (χ4n) is 11.7. The topological polar surface area (TPSA) is 124 Å². The molecule has 0 amide bonds. The number of piperidine rings is 1. The van der Waals surface area contributed by atoms with Gasteiger partial charge in [-0.1, -0.05) is 25.1 Å². The normalized spacial score (nSPS) is 50.2. The number of Topliss-reactive ketones (excluding diaryl/α,β-unsaturated/α-hetero) is 1. The van der Waals surface area contributed by atoms with Crippen molar-refractivity contribution in [1.82, 2.24) is 4.90 Å². The summed E-state index contributed by atoms with van der Waals surface area (Å²) in [6.45, 7) is 3.67. The van der Waals surface area contributed by atoms with Crippen molar-refractivity contribution >= 4 is 11.8 Å². The quantitative estimate of drug-likeness (QED) is 0.430. The first-order chi connectivity index (χ1) is 20.2. The summed E-state index contributed by atoms with van der Waals surface area (Å²) in [5, 5.41) is 25.1. The molecule has 6 aliphatic rings. The molecule has 14 atom stereocenters. The van der Waals surface area contributed by atoms with Crippen molar-refractivity contribution in [2.75, 3.05) is 48.1 Å². The van der Waals surface area contributed by atoms with E-state index in [4.69, 9.17) is 23.7 Å². The van der Waals surface area contributed by atoms with Gasteiger partial charge in [0.15, 0.2) is 5.78 Å². The van der Waals surface area contributed by atoms with Crippen LogP contribution in [0.15, 0.2) is 30.3 Å². The molecule has 0 radical (unpaired) electrons. The van der Waals surface area contributed by atoms with Gasteiger partial charge >= 0.3 is 5.97 Å². The number of esters is 1. The fourth-order valence-corrected chi connectivity index (χ4v) is 11.7. The van der Waals surface area contributed by atoms with Crippen molar-refractivity contribution in [1.29, 1.82) is 0 Å². The standard InChI is InChI=1S/C32H43NO9/c1-6-33-14-30(15-38-2)19(34)13-20(39-3)31-18-12-17-23(35)28(41-5)32(37,22(27(31)33)25(40-4)26(30)31)21(18)24(17)42-29(36)16-10-8-7-9-11-16/h7-11,17-22,24-28,34,37H,6,12-15H2,1-5H3. The lowest BCUT2D eigenvalue weighted by Gasteiger charge is -2.70. The largest absolute Gasteiger partial charge is 0.458 e. The van der Waals surface area contributed by atoms with Gasteiger partial charge in [-0.3, -0.25) is 9.69 Å². The van der Waals surface area contributed by atoms with E-state index in [2.05, 4.69) is 11.8 Å². The molecule has 0 aromatic heterocycles. The van der Waals surface area contributed by atoms with Gasteiger partial charge in [-0.15, -0.1) is 0 Å². The number of rotatable bonds is 8. The zero-order valence-electron chi connectivity index (χ0n) is 25.0. The Bertz CT molecular complexity index is 1250. The van der Waals surface area contributed by atoms with Gasteiger partial charge in [0.1, 0.15) is 17.8 Å². The summed E-state index contributed by atoms with van der Waals surface area (Å²) >= 11 is 0. The van der Waals surface area contributed by atoms with Crippen molar-refractivity contribution in [3.8, 4) is 0 Å². The number of methoxy groups -OCH3 is 4. The maximum atomic E-state index is 14.2. The number of hydrogen-bond donors (Lipinski definition) is 2. The van der Waals surface area contributed by atoms with Gasteiger partial charge in [0.2, 0.25) is 0 Å². The Morgan fingerprint density at radius 3 is 2.38 bits per heavy atom. The highest BCUT2D eigenvalue weighted by molar-refractivity contribution is 5.92. The number of carbonyl (C=O) groups excluding carboxylic acids is 2. The maximum Gasteiger partial charge on any atom is 0.338 e. The Hall–Kier alpha value is -1.92.